The zero-order chi connectivity index (χ0) is 39.6. The van der Waals surface area contributed by atoms with Gasteiger partial charge in [0.25, 0.3) is 0 Å². The van der Waals surface area contributed by atoms with Gasteiger partial charge in [0.05, 0.1) is 31.0 Å². The van der Waals surface area contributed by atoms with Crippen LogP contribution in [0.1, 0.15) is 190 Å². The highest BCUT2D eigenvalue weighted by Gasteiger charge is 2.42. The van der Waals surface area contributed by atoms with E-state index in [-0.39, 0.29) is 53.9 Å². The zero-order valence-corrected chi connectivity index (χ0v) is 35.5. The summed E-state index contributed by atoms with van der Waals surface area (Å²) >= 11 is 6.63. The molecule has 2 saturated carbocycles. The molecule has 3 rings (SSSR count). The lowest BCUT2D eigenvalue weighted by Crippen LogP contribution is -2.40. The normalized spacial score (nSPS) is 21.3. The second-order valence-corrected chi connectivity index (χ2v) is 17.2. The van der Waals surface area contributed by atoms with Crippen LogP contribution in [0.25, 0.3) is 0 Å². The number of halogens is 1. The van der Waals surface area contributed by atoms with Crippen molar-refractivity contribution < 1.29 is 29.3 Å². The number of ether oxygens (including phenoxy) is 2. The lowest BCUT2D eigenvalue weighted by atomic mass is 9.63. The lowest BCUT2D eigenvalue weighted by molar-refractivity contribution is -0.144. The Kier molecular flexibility index (Phi) is 24.3. The van der Waals surface area contributed by atoms with Gasteiger partial charge in [-0.25, -0.2) is 4.79 Å². The molecule has 0 spiro atoms. The van der Waals surface area contributed by atoms with Gasteiger partial charge in [-0.2, -0.15) is 0 Å². The van der Waals surface area contributed by atoms with Crippen LogP contribution in [0.2, 0.25) is 0 Å². The maximum Gasteiger partial charge on any atom is 0.338 e. The second-order valence-electron chi connectivity index (χ2n) is 16.7. The Morgan fingerprint density at radius 3 is 2.04 bits per heavy atom. The van der Waals surface area contributed by atoms with Gasteiger partial charge in [0.2, 0.25) is 0 Å². The Morgan fingerprint density at radius 2 is 1.44 bits per heavy atom. The fourth-order valence-electron chi connectivity index (χ4n) is 8.46. The minimum atomic E-state index is -0.462. The van der Waals surface area contributed by atoms with Gasteiger partial charge in [0.15, 0.2) is 0 Å². The number of aryl methyl sites for hydroxylation is 1. The molecule has 0 heterocycles. The van der Waals surface area contributed by atoms with Crippen LogP contribution in [-0.2, 0) is 20.7 Å². The van der Waals surface area contributed by atoms with Crippen LogP contribution in [0, 0.1) is 17.3 Å². The number of benzene rings is 1. The van der Waals surface area contributed by atoms with Crippen LogP contribution >= 0.6 is 11.6 Å². The highest BCUT2D eigenvalue weighted by atomic mass is 35.5. The fraction of sp³-hybridized carbons (Fsp3) is 0.750. The van der Waals surface area contributed by atoms with E-state index in [0.29, 0.717) is 37.7 Å². The summed E-state index contributed by atoms with van der Waals surface area (Å²) in [4.78, 5) is 24.7. The van der Waals surface area contributed by atoms with Gasteiger partial charge in [0.1, 0.15) is 0 Å². The fourth-order valence-corrected chi connectivity index (χ4v) is 8.92. The lowest BCUT2D eigenvalue weighted by Gasteiger charge is -2.45. The summed E-state index contributed by atoms with van der Waals surface area (Å²) in [6.07, 6.45) is 36.3. The minimum Gasteiger partial charge on any atom is -0.466 e. The highest BCUT2D eigenvalue weighted by molar-refractivity contribution is 6.21. The number of carbonyl (C=O) groups excluding carboxylic acids is 2. The van der Waals surface area contributed by atoms with Crippen molar-refractivity contribution in [2.45, 2.75) is 198 Å². The summed E-state index contributed by atoms with van der Waals surface area (Å²) in [5, 5.41) is 21.3. The summed E-state index contributed by atoms with van der Waals surface area (Å²) in [6.45, 7) is 4.88. The average Bonchev–Trinajstić information content (AvgIpc) is 3.43. The number of aliphatic hydroxyl groups excluding tert-OH is 2. The highest BCUT2D eigenvalue weighted by Crippen LogP contribution is 2.48. The van der Waals surface area contributed by atoms with E-state index in [9.17, 15) is 19.8 Å². The van der Waals surface area contributed by atoms with Gasteiger partial charge in [-0.1, -0.05) is 140 Å². The molecule has 0 amide bonds. The Hall–Kier alpha value is -2.15. The summed E-state index contributed by atoms with van der Waals surface area (Å²) in [5.74, 6) is -0.453. The van der Waals surface area contributed by atoms with Crippen molar-refractivity contribution in [3.8, 4) is 0 Å². The van der Waals surface area contributed by atoms with E-state index < -0.39 is 6.10 Å². The van der Waals surface area contributed by atoms with Gasteiger partial charge >= 0.3 is 11.9 Å². The summed E-state index contributed by atoms with van der Waals surface area (Å²) < 4.78 is 10.7. The molecule has 1 aromatic rings. The molecule has 2 aliphatic rings. The van der Waals surface area contributed by atoms with E-state index in [0.717, 1.165) is 38.5 Å². The van der Waals surface area contributed by atoms with E-state index in [4.69, 9.17) is 21.1 Å². The van der Waals surface area contributed by atoms with Crippen molar-refractivity contribution in [3.63, 3.8) is 0 Å². The molecule has 2 aliphatic carbocycles. The third-order valence-corrected chi connectivity index (χ3v) is 13.0. The molecule has 0 saturated heterocycles. The first kappa shape index (κ1) is 47.2. The molecule has 55 heavy (non-hydrogen) atoms. The van der Waals surface area contributed by atoms with Crippen LogP contribution in [0.3, 0.4) is 0 Å². The van der Waals surface area contributed by atoms with Crippen molar-refractivity contribution in [1.82, 2.24) is 0 Å². The largest absolute Gasteiger partial charge is 0.466 e. The topological polar surface area (TPSA) is 93.1 Å². The molecular formula is C48H77ClO6. The first-order valence-electron chi connectivity index (χ1n) is 22.5. The SMILES string of the molecule is CCCCCCCCCCCCCCCCc1ccc(C(=O)OCCCOC(=O)CCCC=CC[C@@H]2[C@@H](C=CC[C@H](O)C3(CC)CCC3)[C@H](O)C[C@H]2Cl)cc1. The number of alkyl halides is 1. The predicted molar refractivity (Wildman–Crippen MR) is 228 cm³/mol. The number of esters is 2. The maximum atomic E-state index is 12.5. The molecule has 7 heteroatoms. The molecule has 6 nitrogen and oxygen atoms in total. The van der Waals surface area contributed by atoms with E-state index >= 15 is 0 Å². The van der Waals surface area contributed by atoms with Gasteiger partial charge < -0.3 is 19.7 Å². The van der Waals surface area contributed by atoms with Gasteiger partial charge in [-0.15, -0.1) is 11.6 Å². The van der Waals surface area contributed by atoms with Crippen LogP contribution in [0.5, 0.6) is 0 Å². The monoisotopic (exact) mass is 785 g/mol. The molecule has 0 bridgehead atoms. The molecule has 0 aromatic heterocycles. The second kappa shape index (κ2) is 28.3. The quantitative estimate of drug-likeness (QED) is 0.0337. The molecule has 0 unspecified atom stereocenters. The van der Waals surface area contributed by atoms with E-state index in [2.05, 4.69) is 38.2 Å². The molecule has 312 valence electrons. The average molecular weight is 786 g/mol. The van der Waals surface area contributed by atoms with E-state index in [1.807, 2.05) is 24.3 Å². The van der Waals surface area contributed by atoms with Gasteiger partial charge in [-0.05, 0) is 93.2 Å². The van der Waals surface area contributed by atoms with Crippen LogP contribution in [0.4, 0.5) is 0 Å². The zero-order valence-electron chi connectivity index (χ0n) is 34.7. The molecule has 2 N–H and O–H groups in total. The van der Waals surface area contributed by atoms with Crippen molar-refractivity contribution in [2.75, 3.05) is 13.2 Å². The summed E-state index contributed by atoms with van der Waals surface area (Å²) in [5.41, 5.74) is 1.89. The number of unbranched alkanes of at least 4 members (excludes halogenated alkanes) is 14. The number of aliphatic hydroxyl groups is 2. The van der Waals surface area contributed by atoms with Crippen LogP contribution in [0.15, 0.2) is 48.6 Å². The summed E-state index contributed by atoms with van der Waals surface area (Å²) in [6, 6.07) is 7.76. The third-order valence-electron chi connectivity index (χ3n) is 12.5. The van der Waals surface area contributed by atoms with E-state index in [1.165, 1.54) is 102 Å². The standard InChI is InChI=1S/C48H77ClO6/c1-3-5-6-7-8-9-10-11-12-13-14-15-16-19-25-39-30-32-40(33-31-39)47(53)55-37-24-36-54-46(52)29-21-18-17-20-26-41-42(44(50)38-43(41)49)27-22-28-45(51)48(4-2)34-23-35-48/h17,20,22,27,30-33,41-45,50-51H,3-16,18-19,21,23-26,28-29,34-38H2,1-2H3/t41-,42-,43-,44-,45+/m1/s1. The predicted octanol–water partition coefficient (Wildman–Crippen LogP) is 12.4. The van der Waals surface area contributed by atoms with Gasteiger partial charge in [0, 0.05) is 24.1 Å². The van der Waals surface area contributed by atoms with Crippen LogP contribution in [-0.4, -0.2) is 53.0 Å². The van der Waals surface area contributed by atoms with Crippen molar-refractivity contribution in [3.05, 3.63) is 59.7 Å². The number of hydrogen-bond acceptors (Lipinski definition) is 6. The van der Waals surface area contributed by atoms with Gasteiger partial charge in [-0.3, -0.25) is 4.79 Å². The maximum absolute atomic E-state index is 12.5. The molecule has 5 atom stereocenters. The third kappa shape index (κ3) is 18.3. The Morgan fingerprint density at radius 1 is 0.818 bits per heavy atom. The van der Waals surface area contributed by atoms with Crippen molar-refractivity contribution in [2.24, 2.45) is 17.3 Å². The van der Waals surface area contributed by atoms with E-state index in [1.54, 1.807) is 0 Å². The van der Waals surface area contributed by atoms with Crippen LogP contribution < -0.4 is 0 Å². The number of carbonyl (C=O) groups is 2. The smallest absolute Gasteiger partial charge is 0.338 e. The molecule has 1 aromatic carbocycles. The molecule has 0 aliphatic heterocycles. The first-order valence-corrected chi connectivity index (χ1v) is 23.0. The van der Waals surface area contributed by atoms with Crippen molar-refractivity contribution in [1.29, 1.82) is 0 Å². The molecule has 2 fully saturated rings. The number of hydrogen-bond donors (Lipinski definition) is 2. The first-order chi connectivity index (χ1) is 26.8. The Bertz CT molecular complexity index is 1220. The summed E-state index contributed by atoms with van der Waals surface area (Å²) in [7, 11) is 0. The Balaban J connectivity index is 1.16. The molecular weight excluding hydrogens is 708 g/mol. The number of allylic oxidation sites excluding steroid dienone is 2. The molecule has 0 radical (unpaired) electrons. The minimum absolute atomic E-state index is 0.0124. The van der Waals surface area contributed by atoms with Crippen molar-refractivity contribution >= 4 is 23.5 Å². The number of rotatable bonds is 31. The Labute approximate surface area is 340 Å².